The van der Waals surface area contributed by atoms with E-state index in [1.165, 1.54) is 18.4 Å². The van der Waals surface area contributed by atoms with Crippen LogP contribution in [0.1, 0.15) is 37.9 Å². The van der Waals surface area contributed by atoms with Gasteiger partial charge in [0, 0.05) is 44.3 Å². The summed E-state index contributed by atoms with van der Waals surface area (Å²) in [5.74, 6) is 0. The van der Waals surface area contributed by atoms with Crippen LogP contribution in [0.15, 0.2) is 0 Å². The fraction of sp³-hybridized carbons (Fsp3) is 0.786. The van der Waals surface area contributed by atoms with Crippen molar-refractivity contribution in [1.29, 1.82) is 0 Å². The van der Waals surface area contributed by atoms with Gasteiger partial charge in [0.25, 0.3) is 0 Å². The molecule has 19 heavy (non-hydrogen) atoms. The molecule has 1 aliphatic heterocycles. The first-order chi connectivity index (χ1) is 9.02. The Balaban J connectivity index is 2.07. The fourth-order valence-corrected chi connectivity index (χ4v) is 3.05. The summed E-state index contributed by atoms with van der Waals surface area (Å²) in [5, 5.41) is 8.80. The van der Waals surface area contributed by atoms with E-state index in [1.807, 2.05) is 14.0 Å². The summed E-state index contributed by atoms with van der Waals surface area (Å²) in [7, 11) is 1.90. The lowest BCUT2D eigenvalue weighted by Crippen LogP contribution is -2.54. The van der Waals surface area contributed by atoms with E-state index < -0.39 is 0 Å². The lowest BCUT2D eigenvalue weighted by molar-refractivity contribution is 0.129. The second-order valence-corrected chi connectivity index (χ2v) is 6.01. The van der Waals surface area contributed by atoms with Gasteiger partial charge in [0.1, 0.15) is 5.15 Å². The van der Waals surface area contributed by atoms with Crippen LogP contribution >= 0.6 is 11.6 Å². The number of nitrogens with zero attached hydrogens (tertiary/aromatic N) is 3. The summed E-state index contributed by atoms with van der Waals surface area (Å²) in [6.07, 6.45) is 2.47. The number of nitrogens with one attached hydrogen (secondary N) is 1. The Labute approximate surface area is 121 Å². The van der Waals surface area contributed by atoms with E-state index in [9.17, 15) is 0 Å². The van der Waals surface area contributed by atoms with Crippen LogP contribution in [0.2, 0.25) is 5.15 Å². The highest BCUT2D eigenvalue weighted by Crippen LogP contribution is 2.22. The van der Waals surface area contributed by atoms with Crippen LogP contribution in [0.3, 0.4) is 0 Å². The van der Waals surface area contributed by atoms with Crippen molar-refractivity contribution in [2.75, 3.05) is 13.1 Å². The maximum atomic E-state index is 6.34. The van der Waals surface area contributed by atoms with Gasteiger partial charge in [-0.15, -0.1) is 0 Å². The van der Waals surface area contributed by atoms with Gasteiger partial charge in [0.15, 0.2) is 0 Å². The van der Waals surface area contributed by atoms with Crippen LogP contribution in [0, 0.1) is 6.92 Å². The molecular weight excluding hydrogens is 260 g/mol. The van der Waals surface area contributed by atoms with Crippen molar-refractivity contribution in [1.82, 2.24) is 20.0 Å². The third-order valence-corrected chi connectivity index (χ3v) is 4.52. The smallest absolute Gasteiger partial charge is 0.131 e. The van der Waals surface area contributed by atoms with Crippen LogP contribution in [-0.4, -0.2) is 39.9 Å². The second kappa shape index (κ2) is 6.25. The van der Waals surface area contributed by atoms with Crippen molar-refractivity contribution in [3.05, 3.63) is 16.4 Å². The van der Waals surface area contributed by atoms with E-state index in [2.05, 4.69) is 29.2 Å². The van der Waals surface area contributed by atoms with Gasteiger partial charge in [0.2, 0.25) is 0 Å². The third-order valence-electron chi connectivity index (χ3n) is 4.05. The summed E-state index contributed by atoms with van der Waals surface area (Å²) in [5.41, 5.74) is 2.22. The van der Waals surface area contributed by atoms with Crippen LogP contribution in [0.5, 0.6) is 0 Å². The van der Waals surface area contributed by atoms with Gasteiger partial charge in [-0.05, 0) is 20.3 Å². The van der Waals surface area contributed by atoms with E-state index in [0.717, 1.165) is 30.5 Å². The van der Waals surface area contributed by atoms with Crippen molar-refractivity contribution in [2.24, 2.45) is 7.05 Å². The zero-order chi connectivity index (χ0) is 14.0. The minimum absolute atomic E-state index is 0.545. The highest BCUT2D eigenvalue weighted by molar-refractivity contribution is 6.30. The minimum Gasteiger partial charge on any atom is -0.311 e. The molecule has 0 aliphatic carbocycles. The van der Waals surface area contributed by atoms with Crippen LogP contribution < -0.4 is 5.32 Å². The number of halogens is 1. The standard InChI is InChI=1S/C14H25ClN4/c1-5-6-12-8-19(10(2)7-16-12)9-13-11(3)17-18(4)14(13)15/h10,12,16H,5-9H2,1-4H3. The largest absolute Gasteiger partial charge is 0.311 e. The Kier molecular flexibility index (Phi) is 4.87. The molecule has 0 amide bonds. The van der Waals surface area contributed by atoms with E-state index in [-0.39, 0.29) is 0 Å². The molecule has 1 aromatic heterocycles. The van der Waals surface area contributed by atoms with E-state index in [4.69, 9.17) is 11.6 Å². The topological polar surface area (TPSA) is 33.1 Å². The number of rotatable bonds is 4. The zero-order valence-corrected chi connectivity index (χ0v) is 13.2. The van der Waals surface area contributed by atoms with Crippen molar-refractivity contribution in [3.63, 3.8) is 0 Å². The Morgan fingerprint density at radius 1 is 1.47 bits per heavy atom. The quantitative estimate of drug-likeness (QED) is 0.921. The summed E-state index contributed by atoms with van der Waals surface area (Å²) in [6, 6.07) is 1.15. The minimum atomic E-state index is 0.545. The monoisotopic (exact) mass is 284 g/mol. The number of piperazine rings is 1. The first-order valence-corrected chi connectivity index (χ1v) is 7.56. The van der Waals surface area contributed by atoms with Crippen molar-refractivity contribution >= 4 is 11.6 Å². The molecule has 2 heterocycles. The Morgan fingerprint density at radius 3 is 2.79 bits per heavy atom. The normalized spacial score (nSPS) is 24.9. The highest BCUT2D eigenvalue weighted by Gasteiger charge is 2.26. The number of hydrogen-bond donors (Lipinski definition) is 1. The van der Waals surface area contributed by atoms with Crippen molar-refractivity contribution < 1.29 is 0 Å². The average molecular weight is 285 g/mol. The molecular formula is C14H25ClN4. The SMILES string of the molecule is CCCC1CN(Cc2c(C)nn(C)c2Cl)C(C)CN1. The maximum Gasteiger partial charge on any atom is 0.131 e. The summed E-state index contributed by atoms with van der Waals surface area (Å²) in [6.45, 7) is 9.61. The first kappa shape index (κ1) is 14.8. The summed E-state index contributed by atoms with van der Waals surface area (Å²) in [4.78, 5) is 2.52. The second-order valence-electron chi connectivity index (χ2n) is 5.65. The predicted molar refractivity (Wildman–Crippen MR) is 79.5 cm³/mol. The van der Waals surface area contributed by atoms with Gasteiger partial charge in [0.05, 0.1) is 5.69 Å². The molecule has 1 aromatic rings. The Hall–Kier alpha value is -0.580. The van der Waals surface area contributed by atoms with Gasteiger partial charge >= 0.3 is 0 Å². The van der Waals surface area contributed by atoms with Crippen molar-refractivity contribution in [2.45, 2.75) is 52.2 Å². The maximum absolute atomic E-state index is 6.34. The molecule has 0 saturated carbocycles. The third kappa shape index (κ3) is 3.30. The lowest BCUT2D eigenvalue weighted by Gasteiger charge is -2.38. The van der Waals surface area contributed by atoms with Gasteiger partial charge in [-0.2, -0.15) is 5.10 Å². The highest BCUT2D eigenvalue weighted by atomic mass is 35.5. The fourth-order valence-electron chi connectivity index (χ4n) is 2.81. The molecule has 108 valence electrons. The molecule has 2 rings (SSSR count). The Morgan fingerprint density at radius 2 is 2.21 bits per heavy atom. The van der Waals surface area contributed by atoms with E-state index >= 15 is 0 Å². The molecule has 1 saturated heterocycles. The summed E-state index contributed by atoms with van der Waals surface area (Å²) < 4.78 is 1.77. The van der Waals surface area contributed by atoms with Gasteiger partial charge in [-0.1, -0.05) is 24.9 Å². The van der Waals surface area contributed by atoms with Crippen LogP contribution in [0.25, 0.3) is 0 Å². The van der Waals surface area contributed by atoms with Gasteiger partial charge in [-0.25, -0.2) is 0 Å². The Bertz CT molecular complexity index is 429. The number of aryl methyl sites for hydroxylation is 2. The number of hydrogen-bond acceptors (Lipinski definition) is 3. The first-order valence-electron chi connectivity index (χ1n) is 7.18. The van der Waals surface area contributed by atoms with Crippen LogP contribution in [-0.2, 0) is 13.6 Å². The van der Waals surface area contributed by atoms with Crippen LogP contribution in [0.4, 0.5) is 0 Å². The molecule has 2 unspecified atom stereocenters. The summed E-state index contributed by atoms with van der Waals surface area (Å²) >= 11 is 6.34. The molecule has 4 nitrogen and oxygen atoms in total. The van der Waals surface area contributed by atoms with E-state index in [0.29, 0.717) is 12.1 Å². The lowest BCUT2D eigenvalue weighted by atomic mass is 10.1. The molecule has 1 N–H and O–H groups in total. The predicted octanol–water partition coefficient (Wildman–Crippen LogP) is 2.34. The molecule has 0 radical (unpaired) electrons. The van der Waals surface area contributed by atoms with Crippen molar-refractivity contribution in [3.8, 4) is 0 Å². The zero-order valence-electron chi connectivity index (χ0n) is 12.4. The molecule has 2 atom stereocenters. The molecule has 0 aromatic carbocycles. The molecule has 1 fully saturated rings. The van der Waals surface area contributed by atoms with Gasteiger partial charge < -0.3 is 5.32 Å². The number of aromatic nitrogens is 2. The van der Waals surface area contributed by atoms with E-state index in [1.54, 1.807) is 4.68 Å². The van der Waals surface area contributed by atoms with Gasteiger partial charge in [-0.3, -0.25) is 9.58 Å². The molecule has 0 bridgehead atoms. The molecule has 0 spiro atoms. The average Bonchev–Trinajstić information content (AvgIpc) is 2.60. The molecule has 5 heteroatoms. The molecule has 1 aliphatic rings.